The number of nitrogens with zero attached hydrogens (tertiary/aromatic N) is 4. The van der Waals surface area contributed by atoms with Crippen LogP contribution >= 0.6 is 0 Å². The Kier molecular flexibility index (Phi) is 7.30. The number of nitrogens with one attached hydrogen (secondary N) is 2. The molecule has 11 heteroatoms. The number of piperidine rings is 1. The number of nitrogen functional groups attached to an aromatic ring is 1. The van der Waals surface area contributed by atoms with E-state index >= 15 is 4.39 Å². The van der Waals surface area contributed by atoms with Crippen molar-refractivity contribution in [3.8, 4) is 11.3 Å². The molecule has 1 aromatic carbocycles. The van der Waals surface area contributed by atoms with Crippen molar-refractivity contribution in [3.05, 3.63) is 46.4 Å². The molecule has 0 spiro atoms. The molecule has 3 heterocycles. The molecule has 1 saturated carbocycles. The van der Waals surface area contributed by atoms with Crippen LogP contribution in [0.2, 0.25) is 0 Å². The predicted octanol–water partition coefficient (Wildman–Crippen LogP) is 6.48. The minimum atomic E-state index is -4.87. The number of alkyl halides is 3. The topological polar surface area (TPSA) is 95.8 Å². The first-order chi connectivity index (χ1) is 18.1. The first-order valence-corrected chi connectivity index (χ1v) is 13.2. The van der Waals surface area contributed by atoms with Gasteiger partial charge in [-0.05, 0) is 94.6 Å². The largest absolute Gasteiger partial charge is 0.422 e. The molecular weight excluding hydrogens is 498 g/mol. The molecule has 0 amide bonds. The summed E-state index contributed by atoms with van der Waals surface area (Å²) in [6.45, 7) is 5.83. The molecule has 2 aromatic heterocycles. The lowest BCUT2D eigenvalue weighted by Crippen LogP contribution is -2.41. The predicted molar refractivity (Wildman–Crippen MR) is 139 cm³/mol. The van der Waals surface area contributed by atoms with Gasteiger partial charge in [-0.15, -0.1) is 0 Å². The van der Waals surface area contributed by atoms with E-state index in [1.807, 2.05) is 6.92 Å². The number of halogens is 4. The minimum absolute atomic E-state index is 0.129. The molecule has 2 aliphatic rings. The van der Waals surface area contributed by atoms with Crippen LogP contribution in [0.5, 0.6) is 0 Å². The van der Waals surface area contributed by atoms with Gasteiger partial charge in [-0.3, -0.25) is 5.10 Å². The summed E-state index contributed by atoms with van der Waals surface area (Å²) in [4.78, 5) is 10.2. The lowest BCUT2D eigenvalue weighted by molar-refractivity contribution is -0.136. The molecule has 0 radical (unpaired) electrons. The fraction of sp³-hybridized carbons (Fsp3) is 0.519. The minimum Gasteiger partial charge on any atom is -0.368 e. The SMILES string of the molecule is Cc1cc(Nc2nc(N)nc(-c3cc(C)c(C4CCC(N5CCCCC5)CC4)cc3F)c2C(F)(F)F)n[nH]1. The molecule has 0 bridgehead atoms. The summed E-state index contributed by atoms with van der Waals surface area (Å²) < 4.78 is 58.5. The van der Waals surface area contributed by atoms with Gasteiger partial charge in [0.25, 0.3) is 0 Å². The average molecular weight is 532 g/mol. The monoisotopic (exact) mass is 531 g/mol. The Morgan fingerprint density at radius 1 is 1.00 bits per heavy atom. The molecule has 0 unspecified atom stereocenters. The van der Waals surface area contributed by atoms with E-state index in [-0.39, 0.29) is 17.3 Å². The highest BCUT2D eigenvalue weighted by Gasteiger charge is 2.40. The summed E-state index contributed by atoms with van der Waals surface area (Å²) in [5, 5.41) is 9.13. The highest BCUT2D eigenvalue weighted by atomic mass is 19.4. The van der Waals surface area contributed by atoms with Crippen LogP contribution in [-0.4, -0.2) is 44.2 Å². The van der Waals surface area contributed by atoms with E-state index in [9.17, 15) is 13.2 Å². The molecule has 3 aromatic rings. The highest BCUT2D eigenvalue weighted by molar-refractivity contribution is 5.74. The number of benzene rings is 1. The van der Waals surface area contributed by atoms with Gasteiger partial charge in [0, 0.05) is 23.4 Å². The fourth-order valence-corrected chi connectivity index (χ4v) is 5.99. The summed E-state index contributed by atoms with van der Waals surface area (Å²) in [7, 11) is 0. The van der Waals surface area contributed by atoms with Crippen LogP contribution in [0, 0.1) is 19.7 Å². The first kappa shape index (κ1) is 26.4. The van der Waals surface area contributed by atoms with Crippen molar-refractivity contribution in [1.29, 1.82) is 0 Å². The van der Waals surface area contributed by atoms with E-state index < -0.39 is 35.0 Å². The van der Waals surface area contributed by atoms with Gasteiger partial charge in [0.15, 0.2) is 5.82 Å². The molecule has 0 atom stereocenters. The van der Waals surface area contributed by atoms with Crippen molar-refractivity contribution in [2.24, 2.45) is 0 Å². The number of aryl methyl sites for hydroxylation is 2. The zero-order chi connectivity index (χ0) is 27.0. The number of hydrogen-bond acceptors (Lipinski definition) is 6. The van der Waals surface area contributed by atoms with Crippen molar-refractivity contribution >= 4 is 17.6 Å². The van der Waals surface area contributed by atoms with Crippen LogP contribution in [-0.2, 0) is 6.18 Å². The average Bonchev–Trinajstić information content (AvgIpc) is 3.29. The molecule has 1 aliphatic carbocycles. The van der Waals surface area contributed by atoms with Gasteiger partial charge in [-0.1, -0.05) is 6.42 Å². The van der Waals surface area contributed by atoms with E-state index in [0.29, 0.717) is 11.7 Å². The second-order valence-electron chi connectivity index (χ2n) is 10.5. The van der Waals surface area contributed by atoms with Gasteiger partial charge in [0.05, 0.1) is 5.69 Å². The zero-order valence-corrected chi connectivity index (χ0v) is 21.6. The lowest BCUT2D eigenvalue weighted by atomic mass is 9.79. The third kappa shape index (κ3) is 5.48. The summed E-state index contributed by atoms with van der Waals surface area (Å²) in [5.74, 6) is -1.43. The molecule has 2 fully saturated rings. The Morgan fingerprint density at radius 3 is 2.34 bits per heavy atom. The van der Waals surface area contributed by atoms with Gasteiger partial charge in [-0.2, -0.15) is 23.3 Å². The number of aromatic amines is 1. The van der Waals surface area contributed by atoms with Crippen molar-refractivity contribution < 1.29 is 17.6 Å². The van der Waals surface area contributed by atoms with Crippen LogP contribution in [0.4, 0.5) is 35.1 Å². The highest BCUT2D eigenvalue weighted by Crippen LogP contribution is 2.44. The van der Waals surface area contributed by atoms with Crippen LogP contribution in [0.15, 0.2) is 18.2 Å². The molecule has 7 nitrogen and oxygen atoms in total. The Labute approximate surface area is 219 Å². The maximum absolute atomic E-state index is 15.6. The molecular formula is C27H33F4N7. The Morgan fingerprint density at radius 2 is 1.71 bits per heavy atom. The standard InChI is InChI=1S/C27H33F4N7/c1-15-12-20(21(28)14-19(15)17-6-8-18(9-7-17)38-10-4-3-5-11-38)24-23(27(29,30)31)25(35-26(32)34-24)33-22-13-16(2)36-37-22/h12-14,17-18H,3-11H2,1-2H3,(H4,32,33,34,35,36,37). The molecule has 5 rings (SSSR count). The number of likely N-dealkylation sites (tertiary alicyclic amines) is 1. The van der Waals surface area contributed by atoms with E-state index in [2.05, 4.69) is 30.4 Å². The lowest BCUT2D eigenvalue weighted by Gasteiger charge is -2.39. The van der Waals surface area contributed by atoms with Crippen LogP contribution in [0.25, 0.3) is 11.3 Å². The Bertz CT molecular complexity index is 1290. The van der Waals surface area contributed by atoms with Crippen molar-refractivity contribution in [3.63, 3.8) is 0 Å². The van der Waals surface area contributed by atoms with E-state index in [1.165, 1.54) is 37.5 Å². The number of nitrogens with two attached hydrogens (primary N) is 1. The first-order valence-electron chi connectivity index (χ1n) is 13.2. The van der Waals surface area contributed by atoms with Gasteiger partial charge in [0.2, 0.25) is 5.95 Å². The van der Waals surface area contributed by atoms with E-state index in [4.69, 9.17) is 5.73 Å². The molecule has 204 valence electrons. The smallest absolute Gasteiger partial charge is 0.368 e. The Balaban J connectivity index is 1.45. The van der Waals surface area contributed by atoms with Crippen molar-refractivity contribution in [2.75, 3.05) is 24.1 Å². The van der Waals surface area contributed by atoms with E-state index in [1.54, 1.807) is 6.92 Å². The number of H-pyrrole nitrogens is 1. The third-order valence-electron chi connectivity index (χ3n) is 7.82. The number of anilines is 3. The van der Waals surface area contributed by atoms with E-state index in [0.717, 1.165) is 49.9 Å². The number of hydrogen-bond donors (Lipinski definition) is 3. The number of rotatable bonds is 5. The molecule has 1 saturated heterocycles. The third-order valence-corrected chi connectivity index (χ3v) is 7.82. The normalized spacial score (nSPS) is 21.0. The number of aromatic nitrogens is 4. The second kappa shape index (κ2) is 10.5. The van der Waals surface area contributed by atoms with Crippen LogP contribution in [0.3, 0.4) is 0 Å². The van der Waals surface area contributed by atoms with Crippen LogP contribution < -0.4 is 11.1 Å². The Hall–Kier alpha value is -3.21. The zero-order valence-electron chi connectivity index (χ0n) is 21.6. The van der Waals surface area contributed by atoms with Crippen molar-refractivity contribution in [2.45, 2.75) is 76.9 Å². The van der Waals surface area contributed by atoms with Crippen molar-refractivity contribution in [1.82, 2.24) is 25.1 Å². The van der Waals surface area contributed by atoms with Gasteiger partial charge in [0.1, 0.15) is 17.2 Å². The second-order valence-corrected chi connectivity index (χ2v) is 10.5. The fourth-order valence-electron chi connectivity index (χ4n) is 5.99. The van der Waals surface area contributed by atoms with Gasteiger partial charge in [-0.25, -0.2) is 9.37 Å². The summed E-state index contributed by atoms with van der Waals surface area (Å²) in [6, 6.07) is 4.94. The molecule has 4 N–H and O–H groups in total. The van der Waals surface area contributed by atoms with Gasteiger partial charge >= 0.3 is 6.18 Å². The van der Waals surface area contributed by atoms with Crippen LogP contribution in [0.1, 0.15) is 73.2 Å². The summed E-state index contributed by atoms with van der Waals surface area (Å²) in [6.07, 6.45) is 2.90. The quantitative estimate of drug-likeness (QED) is 0.326. The maximum Gasteiger partial charge on any atom is 0.422 e. The molecule has 38 heavy (non-hydrogen) atoms. The summed E-state index contributed by atoms with van der Waals surface area (Å²) >= 11 is 0. The summed E-state index contributed by atoms with van der Waals surface area (Å²) in [5.41, 5.74) is 5.99. The maximum atomic E-state index is 15.6. The van der Waals surface area contributed by atoms with Gasteiger partial charge < -0.3 is 16.0 Å². The molecule has 1 aliphatic heterocycles.